The van der Waals surface area contributed by atoms with E-state index in [0.717, 1.165) is 80.3 Å². The highest BCUT2D eigenvalue weighted by atomic mass is 28.4. The Hall–Kier alpha value is -2.65. The molecule has 0 unspecified atom stereocenters. The fraction of sp³-hybridized carbons (Fsp3) is 0.625. The summed E-state index contributed by atoms with van der Waals surface area (Å²) in [4.78, 5) is 26.2. The minimum atomic E-state index is -1.88. The van der Waals surface area contributed by atoms with E-state index in [1.54, 1.807) is 0 Å². The maximum atomic E-state index is 13.8. The van der Waals surface area contributed by atoms with Crippen molar-refractivity contribution in [2.45, 2.75) is 181 Å². The second-order valence-electron chi connectivity index (χ2n) is 21.4. The largest absolute Gasteiger partial charge is 0.493 e. The van der Waals surface area contributed by atoms with Crippen molar-refractivity contribution in [3.05, 3.63) is 33.4 Å². The van der Waals surface area contributed by atoms with Gasteiger partial charge in [-0.05, 0) is 119 Å². The normalized spacial score (nSPS) is 17.2. The Morgan fingerprint density at radius 3 is 1.93 bits per heavy atom. The molecule has 0 radical (unpaired) electrons. The lowest BCUT2D eigenvalue weighted by atomic mass is 9.89. The Morgan fingerprint density at radius 2 is 1.34 bits per heavy atom. The van der Waals surface area contributed by atoms with Crippen LogP contribution in [0.1, 0.15) is 121 Å². The molecule has 8 heteroatoms. The zero-order valence-electron chi connectivity index (χ0n) is 38.1. The Morgan fingerprint density at radius 1 is 0.732 bits per heavy atom. The van der Waals surface area contributed by atoms with E-state index in [1.165, 1.54) is 39.2 Å². The SMILES string of the molecule is CC(C)(C)[Si](C)(C)OCCC#CC#CC1=C(C(=O)C#C[Si](C)(C)C)CCCC1.CC(C)(C)[Si](C)(C)c1c2c(c([Si](C)(C)C)c3c1C1=C(CCCC1)C3=O)CCO2. The minimum Gasteiger partial charge on any atom is -0.493 e. The number of Topliss-reactive ketones (excluding diaryl/α,β-unsaturated/α-hetero) is 2. The molecule has 0 saturated heterocycles. The summed E-state index contributed by atoms with van der Waals surface area (Å²) in [6.45, 7) is 38.4. The molecule has 4 aliphatic rings. The predicted octanol–water partition coefficient (Wildman–Crippen LogP) is 11.1. The van der Waals surface area contributed by atoms with Gasteiger partial charge in [-0.15, -0.1) is 5.54 Å². The number of carbonyl (C=O) groups is 2. The lowest BCUT2D eigenvalue weighted by molar-refractivity contribution is -0.110. The quantitative estimate of drug-likeness (QED) is 0.163. The Kier molecular flexibility index (Phi) is 14.2. The lowest BCUT2D eigenvalue weighted by Gasteiger charge is -2.40. The molecule has 56 heavy (non-hydrogen) atoms. The predicted molar refractivity (Wildman–Crippen MR) is 250 cm³/mol. The number of benzene rings is 1. The third kappa shape index (κ3) is 10.3. The van der Waals surface area contributed by atoms with Gasteiger partial charge >= 0.3 is 0 Å². The fourth-order valence-electron chi connectivity index (χ4n) is 7.74. The van der Waals surface area contributed by atoms with E-state index < -0.39 is 32.5 Å². The summed E-state index contributed by atoms with van der Waals surface area (Å²) in [5, 5.41) is 3.30. The summed E-state index contributed by atoms with van der Waals surface area (Å²) >= 11 is 0. The average molecular weight is 825 g/mol. The van der Waals surface area contributed by atoms with Gasteiger partial charge in [-0.2, -0.15) is 0 Å². The second kappa shape index (κ2) is 17.3. The van der Waals surface area contributed by atoms with Crippen LogP contribution in [0.5, 0.6) is 5.75 Å². The van der Waals surface area contributed by atoms with Crippen LogP contribution in [0.15, 0.2) is 16.7 Å². The molecule has 0 saturated carbocycles. The maximum Gasteiger partial charge on any atom is 0.232 e. The van der Waals surface area contributed by atoms with Gasteiger partial charge in [0.25, 0.3) is 0 Å². The van der Waals surface area contributed by atoms with Gasteiger partial charge in [0.2, 0.25) is 5.78 Å². The van der Waals surface area contributed by atoms with Crippen LogP contribution < -0.4 is 15.1 Å². The molecule has 304 valence electrons. The number of hydrogen-bond acceptors (Lipinski definition) is 4. The van der Waals surface area contributed by atoms with Crippen LogP contribution in [0.3, 0.4) is 0 Å². The van der Waals surface area contributed by atoms with Crippen molar-refractivity contribution in [2.24, 2.45) is 0 Å². The number of ketones is 2. The van der Waals surface area contributed by atoms with E-state index in [2.05, 4.69) is 142 Å². The molecule has 1 aromatic rings. The van der Waals surface area contributed by atoms with Crippen molar-refractivity contribution in [2.75, 3.05) is 13.2 Å². The lowest BCUT2D eigenvalue weighted by Crippen LogP contribution is -2.54. The number of hydrogen-bond donors (Lipinski definition) is 0. The smallest absolute Gasteiger partial charge is 0.232 e. The number of carbonyl (C=O) groups excluding carboxylic acids is 2. The highest BCUT2D eigenvalue weighted by molar-refractivity contribution is 6.94. The third-order valence-electron chi connectivity index (χ3n) is 12.8. The molecule has 1 aliphatic heterocycles. The van der Waals surface area contributed by atoms with Crippen LogP contribution in [-0.4, -0.2) is 57.3 Å². The molecule has 0 atom stereocenters. The van der Waals surface area contributed by atoms with Crippen molar-refractivity contribution < 1.29 is 18.8 Å². The van der Waals surface area contributed by atoms with Gasteiger partial charge in [-0.3, -0.25) is 9.59 Å². The van der Waals surface area contributed by atoms with Crippen molar-refractivity contribution in [3.8, 4) is 40.9 Å². The van der Waals surface area contributed by atoms with Gasteiger partial charge < -0.3 is 9.16 Å². The molecule has 0 fully saturated rings. The summed E-state index contributed by atoms with van der Waals surface area (Å²) in [5.41, 5.74) is 11.3. The number of allylic oxidation sites excluding steroid dienone is 4. The van der Waals surface area contributed by atoms with Crippen LogP contribution in [0.2, 0.25) is 75.5 Å². The number of rotatable bonds is 6. The zero-order valence-corrected chi connectivity index (χ0v) is 42.1. The summed E-state index contributed by atoms with van der Waals surface area (Å²) in [6, 6.07) is 0. The van der Waals surface area contributed by atoms with Crippen molar-refractivity contribution in [1.82, 2.24) is 0 Å². The average Bonchev–Trinajstić information content (AvgIpc) is 3.67. The van der Waals surface area contributed by atoms with Crippen LogP contribution in [0.4, 0.5) is 0 Å². The zero-order chi connectivity index (χ0) is 42.1. The number of ether oxygens (including phenoxy) is 1. The molecule has 0 bridgehead atoms. The number of fused-ring (bicyclic) bond motifs is 3. The highest BCUT2D eigenvalue weighted by Crippen LogP contribution is 2.48. The topological polar surface area (TPSA) is 52.6 Å². The monoisotopic (exact) mass is 824 g/mol. The van der Waals surface area contributed by atoms with Crippen molar-refractivity contribution >= 4 is 60.1 Å². The minimum absolute atomic E-state index is 0.0397. The van der Waals surface area contributed by atoms with Gasteiger partial charge in [0.1, 0.15) is 13.8 Å². The van der Waals surface area contributed by atoms with Gasteiger partial charge in [-0.25, -0.2) is 0 Å². The highest BCUT2D eigenvalue weighted by Gasteiger charge is 2.49. The van der Waals surface area contributed by atoms with Crippen LogP contribution >= 0.6 is 0 Å². The molecule has 3 aliphatic carbocycles. The summed E-state index contributed by atoms with van der Waals surface area (Å²) in [6.07, 6.45) is 9.84. The third-order valence-corrected chi connectivity index (χ3v) is 25.8. The van der Waals surface area contributed by atoms with Crippen molar-refractivity contribution in [1.29, 1.82) is 0 Å². The Labute approximate surface area is 346 Å². The molecule has 0 amide bonds. The second-order valence-corrected chi connectivity index (χ2v) is 41.2. The van der Waals surface area contributed by atoms with E-state index in [4.69, 9.17) is 9.16 Å². The first-order chi connectivity index (χ1) is 25.7. The summed E-state index contributed by atoms with van der Waals surface area (Å²) < 4.78 is 12.5. The molecule has 0 N–H and O–H groups in total. The molecule has 5 rings (SSSR count). The van der Waals surface area contributed by atoms with Gasteiger partial charge in [0.15, 0.2) is 14.1 Å². The summed E-state index contributed by atoms with van der Waals surface area (Å²) in [5.74, 6) is 16.5. The molecular weight excluding hydrogens is 753 g/mol. The van der Waals surface area contributed by atoms with Crippen molar-refractivity contribution in [3.63, 3.8) is 0 Å². The van der Waals surface area contributed by atoms with Crippen LogP contribution in [0, 0.1) is 35.1 Å². The van der Waals surface area contributed by atoms with Gasteiger partial charge in [0, 0.05) is 41.7 Å². The standard InChI is InChI=1S/2C24H36O2Si2/c1-24(2,3)28(7,8)23-18-15-11-9-10-12-16(15)20(25)19(18)22(27(4,5)6)17-13-14-26-21(17)23;1-24(2,3)28(7,8)26-19-14-10-9-11-15-21-16-12-13-17-22(21)23(25)18-20-27(4,5)6/h9-14H2,1-8H3;12-14,16-17,19H2,1-8H3. The molecule has 1 aromatic carbocycles. The maximum absolute atomic E-state index is 13.8. The van der Waals surface area contributed by atoms with Gasteiger partial charge in [-0.1, -0.05) is 106 Å². The van der Waals surface area contributed by atoms with E-state index in [1.807, 2.05) is 0 Å². The first kappa shape index (κ1) is 46.0. The molecule has 0 aromatic heterocycles. The first-order valence-corrected chi connectivity index (χ1v) is 34.2. The first-order valence-electron chi connectivity index (χ1n) is 21.3. The van der Waals surface area contributed by atoms with E-state index >= 15 is 0 Å². The van der Waals surface area contributed by atoms with Crippen LogP contribution in [-0.2, 0) is 15.6 Å². The molecule has 4 nitrogen and oxygen atoms in total. The molecule has 0 spiro atoms. The van der Waals surface area contributed by atoms with Crippen LogP contribution in [0.25, 0.3) is 5.57 Å². The molecular formula is C48H72O4Si4. The summed E-state index contributed by atoms with van der Waals surface area (Å²) in [7, 11) is -6.82. The Balaban J connectivity index is 0.000000249. The fourth-order valence-corrected chi connectivity index (χ4v) is 13.9. The van der Waals surface area contributed by atoms with Gasteiger partial charge in [0.05, 0.1) is 22.8 Å². The molecule has 1 heterocycles. The van der Waals surface area contributed by atoms with E-state index in [-0.39, 0.29) is 15.9 Å². The Bertz CT molecular complexity index is 1980. The van der Waals surface area contributed by atoms with E-state index in [9.17, 15) is 9.59 Å². The van der Waals surface area contributed by atoms with E-state index in [0.29, 0.717) is 18.8 Å².